The third-order valence-electron chi connectivity index (χ3n) is 4.66. The van der Waals surface area contributed by atoms with Crippen molar-refractivity contribution in [2.24, 2.45) is 5.10 Å². The average molecular weight is 469 g/mol. The molecule has 0 saturated carbocycles. The third-order valence-corrected chi connectivity index (χ3v) is 6.08. The van der Waals surface area contributed by atoms with E-state index in [2.05, 4.69) is 20.6 Å². The first kappa shape index (κ1) is 23.9. The number of benzene rings is 2. The average Bonchev–Trinajstić information content (AvgIpc) is 3.26. The predicted octanol–water partition coefficient (Wildman–Crippen LogP) is 2.39. The van der Waals surface area contributed by atoms with E-state index >= 15 is 0 Å². The summed E-state index contributed by atoms with van der Waals surface area (Å²) in [5.41, 5.74) is 3.95. The van der Waals surface area contributed by atoms with Crippen LogP contribution in [-0.4, -0.2) is 26.4 Å². The number of hydrogen-bond donors (Lipinski definition) is 3. The van der Waals surface area contributed by atoms with Crippen LogP contribution in [0, 0.1) is 6.92 Å². The Morgan fingerprint density at radius 2 is 1.70 bits per heavy atom. The van der Waals surface area contributed by atoms with Crippen LogP contribution >= 0.6 is 0 Å². The van der Waals surface area contributed by atoms with E-state index in [1.54, 1.807) is 31.2 Å². The standard InChI is InChI=1S/C23H24N4O5S/c1-16-8-12-21(13-9-16)33(30,31)25-15-20-11-10-19(32-20)14-24-27-23(29)22(28)26-17(2)18-6-4-3-5-7-18/h3-14,17,25H,15H2,1-2H3,(H,26,28)(H,27,29)/b24-14+/t17-/m0/s1. The molecular formula is C23H24N4O5S. The number of carbonyl (C=O) groups excluding carboxylic acids is 2. The fourth-order valence-corrected chi connectivity index (χ4v) is 3.81. The monoisotopic (exact) mass is 468 g/mol. The molecule has 0 spiro atoms. The fourth-order valence-electron chi connectivity index (χ4n) is 2.82. The smallest absolute Gasteiger partial charge is 0.329 e. The Kier molecular flexibility index (Phi) is 7.75. The fraction of sp³-hybridized carbons (Fsp3) is 0.174. The van der Waals surface area contributed by atoms with Gasteiger partial charge < -0.3 is 9.73 Å². The number of hydrazone groups is 1. The summed E-state index contributed by atoms with van der Waals surface area (Å²) in [6.07, 6.45) is 1.21. The summed E-state index contributed by atoms with van der Waals surface area (Å²) in [5, 5.41) is 6.29. The lowest BCUT2D eigenvalue weighted by atomic mass is 10.1. The van der Waals surface area contributed by atoms with Crippen molar-refractivity contribution in [2.45, 2.75) is 31.3 Å². The first-order valence-corrected chi connectivity index (χ1v) is 11.6. The van der Waals surface area contributed by atoms with E-state index in [0.717, 1.165) is 11.1 Å². The van der Waals surface area contributed by atoms with Gasteiger partial charge in [-0.15, -0.1) is 0 Å². The lowest BCUT2D eigenvalue weighted by Crippen LogP contribution is -2.39. The molecular weight excluding hydrogens is 444 g/mol. The number of carbonyl (C=O) groups is 2. The number of hydrogen-bond acceptors (Lipinski definition) is 6. The molecule has 0 aliphatic heterocycles. The summed E-state index contributed by atoms with van der Waals surface area (Å²) in [4.78, 5) is 24.1. The van der Waals surface area contributed by atoms with Gasteiger partial charge in [-0.25, -0.2) is 18.6 Å². The van der Waals surface area contributed by atoms with Gasteiger partial charge in [-0.1, -0.05) is 48.0 Å². The molecule has 0 bridgehead atoms. The summed E-state index contributed by atoms with van der Waals surface area (Å²) in [6.45, 7) is 3.58. The molecule has 1 heterocycles. The van der Waals surface area contributed by atoms with Crippen LogP contribution in [0.1, 0.15) is 35.6 Å². The van der Waals surface area contributed by atoms with Crippen molar-refractivity contribution in [1.29, 1.82) is 0 Å². The second-order valence-corrected chi connectivity index (χ2v) is 9.01. The van der Waals surface area contributed by atoms with E-state index < -0.39 is 21.8 Å². The summed E-state index contributed by atoms with van der Waals surface area (Å²) < 4.78 is 32.6. The van der Waals surface area contributed by atoms with Crippen LogP contribution in [0.5, 0.6) is 0 Å². The van der Waals surface area contributed by atoms with E-state index in [1.807, 2.05) is 37.3 Å². The maximum atomic E-state index is 12.3. The van der Waals surface area contributed by atoms with Crippen LogP contribution < -0.4 is 15.5 Å². The Balaban J connectivity index is 1.48. The Morgan fingerprint density at radius 3 is 2.39 bits per heavy atom. The molecule has 0 radical (unpaired) electrons. The zero-order valence-corrected chi connectivity index (χ0v) is 18.9. The molecule has 2 aromatic carbocycles. The molecule has 1 aromatic heterocycles. The highest BCUT2D eigenvalue weighted by molar-refractivity contribution is 7.89. The van der Waals surface area contributed by atoms with Crippen molar-refractivity contribution in [2.75, 3.05) is 0 Å². The van der Waals surface area contributed by atoms with Crippen molar-refractivity contribution < 1.29 is 22.4 Å². The Morgan fingerprint density at radius 1 is 1.00 bits per heavy atom. The minimum Gasteiger partial charge on any atom is -0.459 e. The van der Waals surface area contributed by atoms with Crippen LogP contribution in [0.3, 0.4) is 0 Å². The number of nitrogens with one attached hydrogen (secondary N) is 3. The summed E-state index contributed by atoms with van der Waals surface area (Å²) >= 11 is 0. The molecule has 3 N–H and O–H groups in total. The number of furan rings is 1. The second-order valence-electron chi connectivity index (χ2n) is 7.25. The predicted molar refractivity (Wildman–Crippen MR) is 123 cm³/mol. The Labute approximate surface area is 191 Å². The van der Waals surface area contributed by atoms with E-state index in [-0.39, 0.29) is 23.2 Å². The van der Waals surface area contributed by atoms with Crippen LogP contribution in [0.2, 0.25) is 0 Å². The lowest BCUT2D eigenvalue weighted by molar-refractivity contribution is -0.139. The van der Waals surface area contributed by atoms with Crippen LogP contribution in [0.4, 0.5) is 0 Å². The Hall–Kier alpha value is -3.76. The maximum Gasteiger partial charge on any atom is 0.329 e. The van der Waals surface area contributed by atoms with Crippen molar-refractivity contribution in [1.82, 2.24) is 15.5 Å². The highest BCUT2D eigenvalue weighted by Crippen LogP contribution is 2.12. The van der Waals surface area contributed by atoms with Gasteiger partial charge in [-0.2, -0.15) is 5.10 Å². The highest BCUT2D eigenvalue weighted by Gasteiger charge is 2.17. The molecule has 1 atom stereocenters. The third kappa shape index (κ3) is 6.86. The first-order valence-electron chi connectivity index (χ1n) is 10.1. The van der Waals surface area contributed by atoms with Crippen molar-refractivity contribution in [3.63, 3.8) is 0 Å². The van der Waals surface area contributed by atoms with Gasteiger partial charge in [-0.05, 0) is 43.7 Å². The zero-order valence-electron chi connectivity index (χ0n) is 18.1. The number of aryl methyl sites for hydroxylation is 1. The SMILES string of the molecule is Cc1ccc(S(=O)(=O)NCc2ccc(/C=N/NC(=O)C(=O)N[C@@H](C)c3ccccc3)o2)cc1. The van der Waals surface area contributed by atoms with Gasteiger partial charge in [0.2, 0.25) is 10.0 Å². The quantitative estimate of drug-likeness (QED) is 0.266. The van der Waals surface area contributed by atoms with Gasteiger partial charge in [0.05, 0.1) is 23.7 Å². The van der Waals surface area contributed by atoms with E-state index in [1.165, 1.54) is 18.3 Å². The number of amides is 2. The van der Waals surface area contributed by atoms with Crippen LogP contribution in [0.25, 0.3) is 0 Å². The maximum absolute atomic E-state index is 12.3. The molecule has 2 amide bonds. The summed E-state index contributed by atoms with van der Waals surface area (Å²) in [7, 11) is -3.68. The largest absolute Gasteiger partial charge is 0.459 e. The molecule has 0 fully saturated rings. The van der Waals surface area contributed by atoms with E-state index in [4.69, 9.17) is 4.42 Å². The molecule has 3 rings (SSSR count). The first-order chi connectivity index (χ1) is 15.7. The van der Waals surface area contributed by atoms with Gasteiger partial charge in [0, 0.05) is 0 Å². The summed E-state index contributed by atoms with van der Waals surface area (Å²) in [5.74, 6) is -1.12. The van der Waals surface area contributed by atoms with Crippen molar-refractivity contribution >= 4 is 28.1 Å². The zero-order chi connectivity index (χ0) is 23.8. The second kappa shape index (κ2) is 10.7. The van der Waals surface area contributed by atoms with Gasteiger partial charge >= 0.3 is 11.8 Å². The number of nitrogens with zero attached hydrogens (tertiary/aromatic N) is 1. The van der Waals surface area contributed by atoms with Crippen molar-refractivity contribution in [3.8, 4) is 0 Å². The van der Waals surface area contributed by atoms with Crippen LogP contribution in [-0.2, 0) is 26.2 Å². The van der Waals surface area contributed by atoms with Crippen LogP contribution in [0.15, 0.2) is 81.1 Å². The van der Waals surface area contributed by atoms with Gasteiger partial charge in [0.25, 0.3) is 0 Å². The normalized spacial score (nSPS) is 12.4. The minimum absolute atomic E-state index is 0.0593. The summed E-state index contributed by atoms with van der Waals surface area (Å²) in [6, 6.07) is 18.5. The molecule has 33 heavy (non-hydrogen) atoms. The number of rotatable bonds is 8. The van der Waals surface area contributed by atoms with Gasteiger partial charge in [0.1, 0.15) is 11.5 Å². The van der Waals surface area contributed by atoms with Gasteiger partial charge in [-0.3, -0.25) is 9.59 Å². The molecule has 3 aromatic rings. The minimum atomic E-state index is -3.68. The molecule has 0 aliphatic rings. The topological polar surface area (TPSA) is 130 Å². The lowest BCUT2D eigenvalue weighted by Gasteiger charge is -2.13. The molecule has 0 aliphatic carbocycles. The Bertz CT molecular complexity index is 1240. The molecule has 172 valence electrons. The molecule has 9 nitrogen and oxygen atoms in total. The van der Waals surface area contributed by atoms with Gasteiger partial charge in [0.15, 0.2) is 0 Å². The van der Waals surface area contributed by atoms with Crippen molar-refractivity contribution in [3.05, 3.63) is 89.4 Å². The molecule has 10 heteroatoms. The molecule has 0 unspecified atom stereocenters. The number of sulfonamides is 1. The highest BCUT2D eigenvalue weighted by atomic mass is 32.2. The van der Waals surface area contributed by atoms with E-state index in [0.29, 0.717) is 5.76 Å². The van der Waals surface area contributed by atoms with E-state index in [9.17, 15) is 18.0 Å². The molecule has 0 saturated heterocycles.